The van der Waals surface area contributed by atoms with Crippen LogP contribution in [0.25, 0.3) is 11.0 Å². The predicted octanol–water partition coefficient (Wildman–Crippen LogP) is 3.15. The second-order valence-corrected chi connectivity index (χ2v) is 11.4. The van der Waals surface area contributed by atoms with Gasteiger partial charge in [-0.05, 0) is 57.8 Å². The number of aryl methyl sites for hydroxylation is 2. The Morgan fingerprint density at radius 2 is 1.77 bits per heavy atom. The maximum absolute atomic E-state index is 5.64. The van der Waals surface area contributed by atoms with Gasteiger partial charge in [0.15, 0.2) is 5.65 Å². The Bertz CT molecular complexity index is 1230. The molecule has 0 amide bonds. The number of fused-ring (bicyclic) bond motifs is 5. The van der Waals surface area contributed by atoms with E-state index in [4.69, 9.17) is 14.8 Å². The molecule has 4 fully saturated rings. The fourth-order valence-electron chi connectivity index (χ4n) is 7.45. The van der Waals surface area contributed by atoms with Crippen molar-refractivity contribution in [2.24, 2.45) is 5.41 Å². The summed E-state index contributed by atoms with van der Waals surface area (Å²) in [5.41, 5.74) is 5.67. The highest BCUT2D eigenvalue weighted by Crippen LogP contribution is 2.55. The number of rotatable bonds is 4. The number of hydrogen-bond acceptors (Lipinski definition) is 7. The summed E-state index contributed by atoms with van der Waals surface area (Å²) < 4.78 is 8.03. The summed E-state index contributed by atoms with van der Waals surface area (Å²) in [6.45, 7) is 11.1. The van der Waals surface area contributed by atoms with Crippen LogP contribution in [0.2, 0.25) is 0 Å². The Balaban J connectivity index is 1.10. The average Bonchev–Trinajstić information content (AvgIpc) is 3.49. The molecule has 8 rings (SSSR count). The van der Waals surface area contributed by atoms with Gasteiger partial charge in [0.05, 0.1) is 30.5 Å². The Morgan fingerprint density at radius 3 is 2.54 bits per heavy atom. The minimum absolute atomic E-state index is 0.421. The topological polar surface area (TPSA) is 88.0 Å². The molecule has 0 radical (unpaired) electrons. The zero-order valence-corrected chi connectivity index (χ0v) is 21.0. The van der Waals surface area contributed by atoms with Crippen LogP contribution >= 0.6 is 0 Å². The standard InChI is InChI=1S/C26H36N8O/c1-18-21-16-32(24-20-15-27-30-23(20)28-19(2)29-24)10-3-22(21)34(31-18)17-25-4-7-26(8-5-25,9-6-25)33-11-13-35-14-12-33/h15H,3-14,16-17H2,1-2H3,(H,27,28,29,30). The van der Waals surface area contributed by atoms with Crippen LogP contribution in [0.5, 0.6) is 0 Å². The van der Waals surface area contributed by atoms with Crippen molar-refractivity contribution < 1.29 is 4.74 Å². The van der Waals surface area contributed by atoms with Crippen LogP contribution in [0, 0.1) is 19.3 Å². The molecule has 5 aliphatic rings. The summed E-state index contributed by atoms with van der Waals surface area (Å²) in [6.07, 6.45) is 10.9. The van der Waals surface area contributed by atoms with Crippen molar-refractivity contribution in [1.29, 1.82) is 0 Å². The van der Waals surface area contributed by atoms with Crippen molar-refractivity contribution in [3.05, 3.63) is 29.0 Å². The van der Waals surface area contributed by atoms with Crippen molar-refractivity contribution in [3.8, 4) is 0 Å². The number of ether oxygens (including phenoxy) is 1. The number of nitrogens with zero attached hydrogens (tertiary/aromatic N) is 7. The second kappa shape index (κ2) is 8.00. The van der Waals surface area contributed by atoms with Crippen LogP contribution < -0.4 is 4.90 Å². The molecule has 3 aliphatic carbocycles. The second-order valence-electron chi connectivity index (χ2n) is 11.4. The molecule has 0 unspecified atom stereocenters. The normalized spacial score (nSPS) is 29.1. The minimum atomic E-state index is 0.421. The largest absolute Gasteiger partial charge is 0.379 e. The molecule has 35 heavy (non-hydrogen) atoms. The molecule has 9 heteroatoms. The van der Waals surface area contributed by atoms with E-state index in [2.05, 4.69) is 36.6 Å². The fraction of sp³-hybridized carbons (Fsp3) is 0.692. The number of aromatic amines is 1. The quantitative estimate of drug-likeness (QED) is 0.619. The molecule has 0 aromatic carbocycles. The lowest BCUT2D eigenvalue weighted by Gasteiger charge is -2.58. The van der Waals surface area contributed by atoms with E-state index in [1.54, 1.807) is 0 Å². The molecular weight excluding hydrogens is 440 g/mol. The van der Waals surface area contributed by atoms with Gasteiger partial charge in [-0.15, -0.1) is 0 Å². The summed E-state index contributed by atoms with van der Waals surface area (Å²) in [4.78, 5) is 14.4. The van der Waals surface area contributed by atoms with Gasteiger partial charge in [0.25, 0.3) is 0 Å². The molecule has 9 nitrogen and oxygen atoms in total. The Labute approximate surface area is 206 Å². The van der Waals surface area contributed by atoms with E-state index in [1.165, 1.54) is 55.5 Å². The fourth-order valence-corrected chi connectivity index (χ4v) is 7.45. The van der Waals surface area contributed by atoms with Crippen molar-refractivity contribution in [3.63, 3.8) is 0 Å². The molecule has 1 saturated heterocycles. The van der Waals surface area contributed by atoms with Gasteiger partial charge in [-0.25, -0.2) is 9.97 Å². The Kier molecular flexibility index (Phi) is 4.97. The van der Waals surface area contributed by atoms with Crippen molar-refractivity contribution in [1.82, 2.24) is 34.8 Å². The summed E-state index contributed by atoms with van der Waals surface area (Å²) in [6, 6.07) is 0. The predicted molar refractivity (Wildman–Crippen MR) is 133 cm³/mol. The van der Waals surface area contributed by atoms with E-state index in [0.29, 0.717) is 11.0 Å². The van der Waals surface area contributed by atoms with Gasteiger partial charge in [0.1, 0.15) is 11.6 Å². The van der Waals surface area contributed by atoms with E-state index < -0.39 is 0 Å². The van der Waals surface area contributed by atoms with E-state index in [0.717, 1.165) is 75.0 Å². The van der Waals surface area contributed by atoms with E-state index >= 15 is 0 Å². The van der Waals surface area contributed by atoms with E-state index in [1.807, 2.05) is 13.1 Å². The molecule has 1 N–H and O–H groups in total. The van der Waals surface area contributed by atoms with Crippen LogP contribution in [0.3, 0.4) is 0 Å². The molecule has 0 spiro atoms. The van der Waals surface area contributed by atoms with Crippen LogP contribution in [-0.4, -0.2) is 73.2 Å². The maximum Gasteiger partial charge on any atom is 0.161 e. The first-order valence-corrected chi connectivity index (χ1v) is 13.3. The van der Waals surface area contributed by atoms with Gasteiger partial charge in [0.2, 0.25) is 0 Å². The molecule has 5 heterocycles. The minimum Gasteiger partial charge on any atom is -0.379 e. The monoisotopic (exact) mass is 476 g/mol. The van der Waals surface area contributed by atoms with E-state index in [-0.39, 0.29) is 0 Å². The van der Waals surface area contributed by atoms with Crippen molar-refractivity contribution in [2.45, 2.75) is 77.4 Å². The summed E-state index contributed by atoms with van der Waals surface area (Å²) in [7, 11) is 0. The summed E-state index contributed by atoms with van der Waals surface area (Å²) >= 11 is 0. The smallest absolute Gasteiger partial charge is 0.161 e. The zero-order valence-electron chi connectivity index (χ0n) is 21.0. The molecule has 186 valence electrons. The molecule has 3 aromatic rings. The first kappa shape index (κ1) is 21.7. The molecule has 0 atom stereocenters. The van der Waals surface area contributed by atoms with Crippen LogP contribution in [0.4, 0.5) is 5.82 Å². The highest BCUT2D eigenvalue weighted by Gasteiger charge is 2.51. The van der Waals surface area contributed by atoms with Gasteiger partial charge in [-0.2, -0.15) is 10.2 Å². The van der Waals surface area contributed by atoms with Gasteiger partial charge in [-0.1, -0.05) is 0 Å². The van der Waals surface area contributed by atoms with Crippen molar-refractivity contribution >= 4 is 16.9 Å². The number of nitrogens with one attached hydrogen (secondary N) is 1. The SMILES string of the molecule is Cc1nc(N2CCc3c(c(C)nn3CC34CCC(N5CCOCC5)(CC3)CC4)C2)c2cn[nH]c2n1. The van der Waals surface area contributed by atoms with Crippen LogP contribution in [0.15, 0.2) is 6.20 Å². The number of aromatic nitrogens is 6. The molecular formula is C26H36N8O. The zero-order chi connectivity index (χ0) is 23.6. The molecule has 2 aliphatic heterocycles. The van der Waals surface area contributed by atoms with Gasteiger partial charge in [0, 0.05) is 55.9 Å². The number of morpholine rings is 1. The first-order valence-electron chi connectivity index (χ1n) is 13.3. The van der Waals surface area contributed by atoms with Crippen LogP contribution in [0.1, 0.15) is 61.3 Å². The summed E-state index contributed by atoms with van der Waals surface area (Å²) in [5, 5.41) is 13.3. The first-order chi connectivity index (χ1) is 17.0. The molecule has 2 bridgehead atoms. The van der Waals surface area contributed by atoms with Crippen molar-refractivity contribution in [2.75, 3.05) is 37.7 Å². The Morgan fingerprint density at radius 1 is 1.00 bits per heavy atom. The highest BCUT2D eigenvalue weighted by atomic mass is 16.5. The number of hydrogen-bond donors (Lipinski definition) is 1. The van der Waals surface area contributed by atoms with Gasteiger partial charge >= 0.3 is 0 Å². The third-order valence-electron chi connectivity index (χ3n) is 9.56. The third-order valence-corrected chi connectivity index (χ3v) is 9.56. The lowest BCUT2D eigenvalue weighted by molar-refractivity contribution is -0.0958. The molecule has 3 saturated carbocycles. The van der Waals surface area contributed by atoms with Gasteiger partial charge in [-0.3, -0.25) is 14.7 Å². The van der Waals surface area contributed by atoms with Crippen LogP contribution in [-0.2, 0) is 24.2 Å². The van der Waals surface area contributed by atoms with Gasteiger partial charge < -0.3 is 9.64 Å². The third kappa shape index (κ3) is 3.49. The average molecular weight is 477 g/mol. The molecule has 3 aromatic heterocycles. The summed E-state index contributed by atoms with van der Waals surface area (Å²) in [5.74, 6) is 1.76. The lowest BCUT2D eigenvalue weighted by atomic mass is 9.56. The number of anilines is 1. The van der Waals surface area contributed by atoms with E-state index in [9.17, 15) is 0 Å². The Hall–Kier alpha value is -2.52. The maximum atomic E-state index is 5.64. The lowest BCUT2D eigenvalue weighted by Crippen LogP contribution is -2.60. The highest BCUT2D eigenvalue weighted by molar-refractivity contribution is 5.86. The number of H-pyrrole nitrogens is 1.